The minimum atomic E-state index is -3.63. The maximum Gasteiger partial charge on any atom is 0.324 e. The molecule has 108 valence electrons. The Kier molecular flexibility index (Phi) is 6.74. The molecule has 0 fully saturated rings. The topological polar surface area (TPSA) is 116 Å². The van der Waals surface area contributed by atoms with Gasteiger partial charge in [0, 0.05) is 0 Å². The van der Waals surface area contributed by atoms with E-state index in [1.54, 1.807) is 6.92 Å². The molecule has 8 nitrogen and oxygen atoms in total. The highest BCUT2D eigenvalue weighted by Crippen LogP contribution is 2.00. The zero-order chi connectivity index (χ0) is 14.4. The lowest BCUT2D eigenvalue weighted by atomic mass is 10.2. The number of sulfonamides is 1. The summed E-state index contributed by atoms with van der Waals surface area (Å²) in [6, 6.07) is -1.17. The van der Waals surface area contributed by atoms with Gasteiger partial charge in [0.15, 0.2) is 0 Å². The lowest BCUT2D eigenvalue weighted by Gasteiger charge is -2.15. The third-order valence-corrected chi connectivity index (χ3v) is 2.94. The van der Waals surface area contributed by atoms with Gasteiger partial charge in [-0.05, 0) is 13.3 Å². The molecular weight excluding hydrogens is 286 g/mol. The van der Waals surface area contributed by atoms with Gasteiger partial charge >= 0.3 is 5.97 Å². The molecule has 0 rings (SSSR count). The molecule has 0 saturated heterocycles. The zero-order valence-corrected chi connectivity index (χ0v) is 12.0. The van der Waals surface area contributed by atoms with Gasteiger partial charge in [-0.15, -0.1) is 0 Å². The van der Waals surface area contributed by atoms with E-state index >= 15 is 0 Å². The fraction of sp³-hybridized carbons (Fsp3) is 0.875. The number of carbonyl (C=O) groups is 1. The summed E-state index contributed by atoms with van der Waals surface area (Å²) in [6.07, 6.45) is 1.60. The highest BCUT2D eigenvalue weighted by molar-refractivity contribution is 7.88. The van der Waals surface area contributed by atoms with Gasteiger partial charge in [0.05, 0.1) is 25.7 Å². The molecule has 0 aliphatic rings. The van der Waals surface area contributed by atoms with Crippen LogP contribution >= 0.6 is 0 Å². The molecule has 1 N–H and O–H groups in total. The van der Waals surface area contributed by atoms with Crippen LogP contribution in [0.4, 0.5) is 0 Å². The first-order chi connectivity index (χ1) is 8.05. The van der Waals surface area contributed by atoms with Crippen molar-refractivity contribution in [3.05, 3.63) is 0 Å². The number of rotatable bonds is 8. The van der Waals surface area contributed by atoms with Crippen LogP contribution in [0.25, 0.3) is 0 Å². The van der Waals surface area contributed by atoms with Gasteiger partial charge in [-0.25, -0.2) is 13.1 Å². The van der Waals surface area contributed by atoms with Crippen molar-refractivity contribution < 1.29 is 30.6 Å². The second-order valence-electron chi connectivity index (χ2n) is 3.51. The number of nitrogens with one attached hydrogen (secondary N) is 1. The smallest absolute Gasteiger partial charge is 0.324 e. The second-order valence-corrected chi connectivity index (χ2v) is 6.93. The van der Waals surface area contributed by atoms with Crippen LogP contribution in [0.1, 0.15) is 13.3 Å². The largest absolute Gasteiger partial charge is 0.465 e. The van der Waals surface area contributed by atoms with Crippen molar-refractivity contribution in [2.45, 2.75) is 19.4 Å². The van der Waals surface area contributed by atoms with Gasteiger partial charge in [-0.2, -0.15) is 8.42 Å². The Morgan fingerprint density at radius 3 is 2.17 bits per heavy atom. The van der Waals surface area contributed by atoms with Crippen molar-refractivity contribution in [2.24, 2.45) is 0 Å². The number of carbonyl (C=O) groups excluding carboxylic acids is 1. The Morgan fingerprint density at radius 1 is 1.22 bits per heavy atom. The molecule has 0 aromatic carbocycles. The van der Waals surface area contributed by atoms with Gasteiger partial charge in [0.25, 0.3) is 10.1 Å². The summed E-state index contributed by atoms with van der Waals surface area (Å²) in [6.45, 7) is 1.35. The van der Waals surface area contributed by atoms with Crippen LogP contribution in [0.5, 0.6) is 0 Å². The van der Waals surface area contributed by atoms with Crippen molar-refractivity contribution in [2.75, 3.05) is 25.7 Å². The molecule has 10 heteroatoms. The number of hydrogen-bond acceptors (Lipinski definition) is 7. The molecule has 0 heterocycles. The molecule has 1 atom stereocenters. The van der Waals surface area contributed by atoms with Crippen LogP contribution in [0.15, 0.2) is 0 Å². The van der Waals surface area contributed by atoms with Crippen LogP contribution < -0.4 is 4.72 Å². The van der Waals surface area contributed by atoms with Crippen LogP contribution in [-0.2, 0) is 33.9 Å². The Morgan fingerprint density at radius 2 is 1.78 bits per heavy atom. The summed E-state index contributed by atoms with van der Waals surface area (Å²) >= 11 is 0. The third-order valence-electron chi connectivity index (χ3n) is 1.63. The number of hydrogen-bond donors (Lipinski definition) is 1. The van der Waals surface area contributed by atoms with Gasteiger partial charge in [0.1, 0.15) is 6.04 Å². The molecule has 0 unspecified atom stereocenters. The van der Waals surface area contributed by atoms with Gasteiger partial charge in [0.2, 0.25) is 10.0 Å². The first-order valence-corrected chi connectivity index (χ1v) is 8.74. The van der Waals surface area contributed by atoms with Gasteiger partial charge in [-0.1, -0.05) is 0 Å². The molecule has 0 aliphatic heterocycles. The van der Waals surface area contributed by atoms with Crippen LogP contribution in [0.2, 0.25) is 0 Å². The average Bonchev–Trinajstić information content (AvgIpc) is 2.12. The molecule has 0 aliphatic carbocycles. The van der Waals surface area contributed by atoms with E-state index in [0.717, 1.165) is 12.5 Å². The highest BCUT2D eigenvalue weighted by Gasteiger charge is 2.23. The van der Waals surface area contributed by atoms with Crippen molar-refractivity contribution >= 4 is 26.1 Å². The first-order valence-electron chi connectivity index (χ1n) is 5.03. The Balaban J connectivity index is 4.53. The van der Waals surface area contributed by atoms with Crippen LogP contribution in [-0.4, -0.2) is 54.6 Å². The fourth-order valence-electron chi connectivity index (χ4n) is 1.04. The summed E-state index contributed by atoms with van der Waals surface area (Å²) in [5.41, 5.74) is 0. The number of ether oxygens (including phenoxy) is 1. The quantitative estimate of drug-likeness (QED) is 0.444. The van der Waals surface area contributed by atoms with E-state index in [4.69, 9.17) is 0 Å². The summed E-state index contributed by atoms with van der Waals surface area (Å²) in [5, 5.41) is 0. The fourth-order valence-corrected chi connectivity index (χ4v) is 2.17. The van der Waals surface area contributed by atoms with Crippen molar-refractivity contribution in [1.29, 1.82) is 0 Å². The number of esters is 1. The molecule has 0 spiro atoms. The van der Waals surface area contributed by atoms with Crippen LogP contribution in [0.3, 0.4) is 0 Å². The predicted octanol–water partition coefficient (Wildman–Crippen LogP) is -1.17. The average molecular weight is 303 g/mol. The SMILES string of the molecule is CCOC(=O)[C@H](CCOS(C)(=O)=O)NS(C)(=O)=O. The van der Waals surface area contributed by atoms with E-state index in [1.807, 2.05) is 4.72 Å². The van der Waals surface area contributed by atoms with Crippen LogP contribution in [0, 0.1) is 0 Å². The van der Waals surface area contributed by atoms with Gasteiger partial charge in [-0.3, -0.25) is 8.98 Å². The minimum absolute atomic E-state index is 0.0910. The Hall–Kier alpha value is -0.710. The summed E-state index contributed by atoms with van der Waals surface area (Å²) in [7, 11) is -7.24. The first kappa shape index (κ1) is 17.3. The molecule has 0 aromatic heterocycles. The maximum absolute atomic E-state index is 11.4. The summed E-state index contributed by atoms with van der Waals surface area (Å²) < 4.78 is 54.6. The molecule has 0 radical (unpaired) electrons. The summed E-state index contributed by atoms with van der Waals surface area (Å²) in [4.78, 5) is 11.4. The molecular formula is C8H17NO7S2. The lowest BCUT2D eigenvalue weighted by Crippen LogP contribution is -2.42. The maximum atomic E-state index is 11.4. The van der Waals surface area contributed by atoms with E-state index < -0.39 is 32.2 Å². The van der Waals surface area contributed by atoms with E-state index in [-0.39, 0.29) is 19.6 Å². The third kappa shape index (κ3) is 9.33. The van der Waals surface area contributed by atoms with Crippen molar-refractivity contribution in [1.82, 2.24) is 4.72 Å². The van der Waals surface area contributed by atoms with Crippen molar-refractivity contribution in [3.8, 4) is 0 Å². The highest BCUT2D eigenvalue weighted by atomic mass is 32.2. The molecule has 0 amide bonds. The summed E-state index contributed by atoms with van der Waals surface area (Å²) in [5.74, 6) is -0.778. The molecule has 0 aromatic rings. The Bertz CT molecular complexity index is 468. The van der Waals surface area contributed by atoms with Gasteiger partial charge < -0.3 is 4.74 Å². The van der Waals surface area contributed by atoms with E-state index in [1.165, 1.54) is 0 Å². The molecule has 0 saturated carbocycles. The normalized spacial score (nSPS) is 14.2. The minimum Gasteiger partial charge on any atom is -0.465 e. The Labute approximate surface area is 107 Å². The second kappa shape index (κ2) is 7.02. The van der Waals surface area contributed by atoms with E-state index in [0.29, 0.717) is 0 Å². The standard InChI is InChI=1S/C8H17NO7S2/c1-4-15-8(10)7(9-17(2,11)12)5-6-16-18(3,13)14/h7,9H,4-6H2,1-3H3/t7-/m0/s1. The monoisotopic (exact) mass is 303 g/mol. The zero-order valence-electron chi connectivity index (χ0n) is 10.4. The predicted molar refractivity (Wildman–Crippen MR) is 63.8 cm³/mol. The van der Waals surface area contributed by atoms with E-state index in [2.05, 4.69) is 8.92 Å². The van der Waals surface area contributed by atoms with Crippen molar-refractivity contribution in [3.63, 3.8) is 0 Å². The lowest BCUT2D eigenvalue weighted by molar-refractivity contribution is -0.145. The van der Waals surface area contributed by atoms with E-state index in [9.17, 15) is 21.6 Å². The molecule has 0 bridgehead atoms. The molecule has 18 heavy (non-hydrogen) atoms.